The molecule has 0 radical (unpaired) electrons. The number of hydrogen-bond donors (Lipinski definition) is 2. The highest BCUT2D eigenvalue weighted by molar-refractivity contribution is 7.09. The van der Waals surface area contributed by atoms with Gasteiger partial charge in [0.15, 0.2) is 0 Å². The molecule has 0 atom stereocenters. The number of aromatic amines is 1. The van der Waals surface area contributed by atoms with Crippen molar-refractivity contribution in [2.24, 2.45) is 0 Å². The second-order valence-corrected chi connectivity index (χ2v) is 4.02. The summed E-state index contributed by atoms with van der Waals surface area (Å²) in [7, 11) is 0. The third kappa shape index (κ3) is 2.00. The molecule has 0 aliphatic rings. The summed E-state index contributed by atoms with van der Waals surface area (Å²) in [6.07, 6.45) is 2.36. The first-order valence-electron chi connectivity index (χ1n) is 4.32. The molecule has 2 aromatic heterocycles. The zero-order valence-corrected chi connectivity index (χ0v) is 8.64. The van der Waals surface area contributed by atoms with Crippen molar-refractivity contribution in [3.05, 3.63) is 33.8 Å². The summed E-state index contributed by atoms with van der Waals surface area (Å²) >= 11 is 1.63. The van der Waals surface area contributed by atoms with E-state index >= 15 is 0 Å². The van der Waals surface area contributed by atoms with Crippen LogP contribution in [0.1, 0.15) is 22.2 Å². The minimum atomic E-state index is 0.00387. The molecule has 2 heterocycles. The van der Waals surface area contributed by atoms with Gasteiger partial charge in [0.25, 0.3) is 0 Å². The second-order valence-electron chi connectivity index (χ2n) is 3.07. The van der Waals surface area contributed by atoms with E-state index in [4.69, 9.17) is 5.11 Å². The Morgan fingerprint density at radius 2 is 2.43 bits per heavy atom. The Morgan fingerprint density at radius 1 is 1.57 bits per heavy atom. The van der Waals surface area contributed by atoms with Gasteiger partial charge in [-0.1, -0.05) is 0 Å². The van der Waals surface area contributed by atoms with Gasteiger partial charge in [0.2, 0.25) is 0 Å². The molecule has 5 heteroatoms. The number of H-pyrrole nitrogens is 1. The molecule has 4 nitrogen and oxygen atoms in total. The minimum Gasteiger partial charge on any atom is -0.390 e. The number of aromatic nitrogens is 3. The minimum absolute atomic E-state index is 0.00387. The van der Waals surface area contributed by atoms with Crippen LogP contribution in [0.4, 0.5) is 0 Å². The lowest BCUT2D eigenvalue weighted by Gasteiger charge is -1.91. The molecule has 0 saturated heterocycles. The van der Waals surface area contributed by atoms with E-state index in [1.807, 2.05) is 12.3 Å². The molecule has 0 amide bonds. The second kappa shape index (κ2) is 3.89. The van der Waals surface area contributed by atoms with E-state index in [1.54, 1.807) is 17.5 Å². The lowest BCUT2D eigenvalue weighted by atomic mass is 10.4. The molecule has 2 N–H and O–H groups in total. The summed E-state index contributed by atoms with van der Waals surface area (Å²) in [6.45, 7) is 1.98. The van der Waals surface area contributed by atoms with Gasteiger partial charge >= 0.3 is 0 Å². The zero-order chi connectivity index (χ0) is 9.97. The smallest absolute Gasteiger partial charge is 0.113 e. The third-order valence-corrected chi connectivity index (χ3v) is 2.80. The molecule has 14 heavy (non-hydrogen) atoms. The quantitative estimate of drug-likeness (QED) is 0.800. The molecule has 0 spiro atoms. The monoisotopic (exact) mass is 209 g/mol. The standard InChI is InChI=1S/C9H11N3OS/c1-6-5-14-9(11-6)2-8-10-3-7(4-13)12-8/h3,5,13H,2,4H2,1H3,(H,10,12). The van der Waals surface area contributed by atoms with E-state index in [2.05, 4.69) is 15.0 Å². The average molecular weight is 209 g/mol. The van der Waals surface area contributed by atoms with Crippen LogP contribution in [-0.4, -0.2) is 20.1 Å². The van der Waals surface area contributed by atoms with Crippen molar-refractivity contribution in [2.75, 3.05) is 0 Å². The Morgan fingerprint density at radius 3 is 3.00 bits per heavy atom. The van der Waals surface area contributed by atoms with Crippen LogP contribution in [0.15, 0.2) is 11.6 Å². The van der Waals surface area contributed by atoms with Gasteiger partial charge in [-0.15, -0.1) is 11.3 Å². The molecule has 0 aromatic carbocycles. The maximum Gasteiger partial charge on any atom is 0.113 e. The van der Waals surface area contributed by atoms with Crippen LogP contribution in [0.25, 0.3) is 0 Å². The fourth-order valence-corrected chi connectivity index (χ4v) is 1.98. The lowest BCUT2D eigenvalue weighted by molar-refractivity contribution is 0.277. The molecular weight excluding hydrogens is 198 g/mol. The van der Waals surface area contributed by atoms with E-state index in [1.165, 1.54) is 0 Å². The first kappa shape index (κ1) is 9.36. The fraction of sp³-hybridized carbons (Fsp3) is 0.333. The summed E-state index contributed by atoms with van der Waals surface area (Å²) in [5, 5.41) is 11.9. The Bertz CT molecular complexity index is 421. The SMILES string of the molecule is Cc1csc(Cc2ncc(CO)[nH]2)n1. The summed E-state index contributed by atoms with van der Waals surface area (Å²) in [6, 6.07) is 0. The first-order valence-corrected chi connectivity index (χ1v) is 5.20. The predicted molar refractivity (Wildman–Crippen MR) is 54.2 cm³/mol. The number of hydrogen-bond acceptors (Lipinski definition) is 4. The molecule has 2 rings (SSSR count). The number of nitrogens with zero attached hydrogens (tertiary/aromatic N) is 2. The highest BCUT2D eigenvalue weighted by Gasteiger charge is 2.04. The van der Waals surface area contributed by atoms with Crippen LogP contribution in [0, 0.1) is 6.92 Å². The van der Waals surface area contributed by atoms with Crippen molar-refractivity contribution in [1.29, 1.82) is 0 Å². The van der Waals surface area contributed by atoms with Gasteiger partial charge in [-0.3, -0.25) is 0 Å². The van der Waals surface area contributed by atoms with Gasteiger partial charge in [-0.2, -0.15) is 0 Å². The predicted octanol–water partition coefficient (Wildman–Crippen LogP) is 1.26. The van der Waals surface area contributed by atoms with Crippen molar-refractivity contribution in [2.45, 2.75) is 20.0 Å². The van der Waals surface area contributed by atoms with Gasteiger partial charge in [-0.25, -0.2) is 9.97 Å². The normalized spacial score (nSPS) is 10.7. The van der Waals surface area contributed by atoms with Crippen LogP contribution in [0.2, 0.25) is 0 Å². The van der Waals surface area contributed by atoms with E-state index in [0.29, 0.717) is 6.42 Å². The zero-order valence-electron chi connectivity index (χ0n) is 7.82. The summed E-state index contributed by atoms with van der Waals surface area (Å²) in [5.74, 6) is 0.850. The van der Waals surface area contributed by atoms with E-state index in [9.17, 15) is 0 Å². The molecule has 0 fully saturated rings. The first-order chi connectivity index (χ1) is 6.78. The van der Waals surface area contributed by atoms with E-state index in [-0.39, 0.29) is 6.61 Å². The summed E-state index contributed by atoms with van der Waals surface area (Å²) in [4.78, 5) is 11.5. The summed E-state index contributed by atoms with van der Waals surface area (Å²) in [5.41, 5.74) is 1.78. The Labute approximate surface area is 85.7 Å². The molecule has 0 aliphatic carbocycles. The number of aliphatic hydroxyl groups is 1. The van der Waals surface area contributed by atoms with Gasteiger partial charge in [-0.05, 0) is 6.92 Å². The van der Waals surface area contributed by atoms with Gasteiger partial charge in [0.05, 0.1) is 24.9 Å². The maximum atomic E-state index is 8.84. The lowest BCUT2D eigenvalue weighted by Crippen LogP contribution is -1.91. The van der Waals surface area contributed by atoms with Crippen molar-refractivity contribution in [3.8, 4) is 0 Å². The van der Waals surface area contributed by atoms with Gasteiger partial charge in [0.1, 0.15) is 10.8 Å². The average Bonchev–Trinajstić information content (AvgIpc) is 2.76. The number of imidazole rings is 1. The highest BCUT2D eigenvalue weighted by Crippen LogP contribution is 2.12. The van der Waals surface area contributed by atoms with E-state index in [0.717, 1.165) is 22.2 Å². The largest absolute Gasteiger partial charge is 0.390 e. The Hall–Kier alpha value is -1.20. The number of thiazole rings is 1. The van der Waals surface area contributed by atoms with Crippen LogP contribution < -0.4 is 0 Å². The van der Waals surface area contributed by atoms with Crippen LogP contribution >= 0.6 is 11.3 Å². The van der Waals surface area contributed by atoms with Crippen molar-refractivity contribution < 1.29 is 5.11 Å². The third-order valence-electron chi connectivity index (χ3n) is 1.84. The van der Waals surface area contributed by atoms with Gasteiger partial charge < -0.3 is 10.1 Å². The van der Waals surface area contributed by atoms with Crippen LogP contribution in [-0.2, 0) is 13.0 Å². The van der Waals surface area contributed by atoms with Crippen molar-refractivity contribution >= 4 is 11.3 Å². The van der Waals surface area contributed by atoms with Crippen molar-refractivity contribution in [1.82, 2.24) is 15.0 Å². The number of aryl methyl sites for hydroxylation is 1. The van der Waals surface area contributed by atoms with Crippen LogP contribution in [0.5, 0.6) is 0 Å². The van der Waals surface area contributed by atoms with Gasteiger partial charge in [0, 0.05) is 11.1 Å². The molecule has 0 bridgehead atoms. The Kier molecular flexibility index (Phi) is 2.60. The fourth-order valence-electron chi connectivity index (χ4n) is 1.20. The molecule has 0 aliphatic heterocycles. The summed E-state index contributed by atoms with van der Waals surface area (Å²) < 4.78 is 0. The van der Waals surface area contributed by atoms with Crippen LogP contribution in [0.3, 0.4) is 0 Å². The molecule has 0 unspecified atom stereocenters. The molecule has 2 aromatic rings. The molecule has 0 saturated carbocycles. The molecular formula is C9H11N3OS. The number of rotatable bonds is 3. The highest BCUT2D eigenvalue weighted by atomic mass is 32.1. The van der Waals surface area contributed by atoms with Crippen molar-refractivity contribution in [3.63, 3.8) is 0 Å². The topological polar surface area (TPSA) is 61.8 Å². The Balaban J connectivity index is 2.10. The molecule has 74 valence electrons. The maximum absolute atomic E-state index is 8.84. The number of nitrogens with one attached hydrogen (secondary N) is 1. The number of aliphatic hydroxyl groups excluding tert-OH is 1. The van der Waals surface area contributed by atoms with E-state index < -0.39 is 0 Å².